The van der Waals surface area contributed by atoms with Crippen LogP contribution in [0.25, 0.3) is 5.69 Å². The van der Waals surface area contributed by atoms with Crippen LogP contribution in [0.4, 0.5) is 0 Å². The van der Waals surface area contributed by atoms with E-state index in [0.717, 1.165) is 17.3 Å². The van der Waals surface area contributed by atoms with Gasteiger partial charge in [0.1, 0.15) is 11.6 Å². The van der Waals surface area contributed by atoms with Crippen molar-refractivity contribution in [3.8, 4) is 5.69 Å². The fourth-order valence-electron chi connectivity index (χ4n) is 1.64. The van der Waals surface area contributed by atoms with Crippen molar-refractivity contribution in [2.45, 2.75) is 13.3 Å². The molecule has 84 valence electrons. The lowest BCUT2D eigenvalue weighted by atomic mass is 10.3. The summed E-state index contributed by atoms with van der Waals surface area (Å²) in [6.07, 6.45) is 0.687. The van der Waals surface area contributed by atoms with Gasteiger partial charge in [-0.1, -0.05) is 23.7 Å². The first kappa shape index (κ1) is 11.1. The smallest absolute Gasteiger partial charge is 0.138 e. The molecule has 0 saturated carbocycles. The largest absolute Gasteiger partial charge is 0.330 e. The Labute approximate surface area is 99.1 Å². The summed E-state index contributed by atoms with van der Waals surface area (Å²) in [5.41, 5.74) is 6.44. The maximum Gasteiger partial charge on any atom is 0.138 e. The van der Waals surface area contributed by atoms with Crippen LogP contribution < -0.4 is 5.73 Å². The molecule has 5 heteroatoms. The average Bonchev–Trinajstić information content (AvgIpc) is 2.62. The standard InChI is InChI=1S/C11H13ClN4/c1-8-14-15-11(6-7-13)16(8)10-5-3-2-4-9(10)12/h2-5H,6-7,13H2,1H3. The van der Waals surface area contributed by atoms with Gasteiger partial charge in [0, 0.05) is 6.42 Å². The highest BCUT2D eigenvalue weighted by atomic mass is 35.5. The number of aryl methyl sites for hydroxylation is 1. The Balaban J connectivity index is 2.54. The second kappa shape index (κ2) is 4.63. The van der Waals surface area contributed by atoms with Gasteiger partial charge in [-0.3, -0.25) is 4.57 Å². The average molecular weight is 237 g/mol. The summed E-state index contributed by atoms with van der Waals surface area (Å²) in [7, 11) is 0. The number of aromatic nitrogens is 3. The third-order valence-electron chi connectivity index (χ3n) is 2.35. The van der Waals surface area contributed by atoms with Crippen LogP contribution >= 0.6 is 11.6 Å². The van der Waals surface area contributed by atoms with E-state index in [1.807, 2.05) is 35.8 Å². The molecular weight excluding hydrogens is 224 g/mol. The van der Waals surface area contributed by atoms with Gasteiger partial charge >= 0.3 is 0 Å². The molecule has 0 aliphatic rings. The van der Waals surface area contributed by atoms with Gasteiger partial charge in [0.05, 0.1) is 10.7 Å². The van der Waals surface area contributed by atoms with E-state index in [4.69, 9.17) is 17.3 Å². The zero-order chi connectivity index (χ0) is 11.5. The third-order valence-corrected chi connectivity index (χ3v) is 2.67. The lowest BCUT2D eigenvalue weighted by Crippen LogP contribution is -2.10. The van der Waals surface area contributed by atoms with Gasteiger partial charge < -0.3 is 5.73 Å². The van der Waals surface area contributed by atoms with E-state index < -0.39 is 0 Å². The molecule has 0 saturated heterocycles. The van der Waals surface area contributed by atoms with Crippen LogP contribution in [0.2, 0.25) is 5.02 Å². The van der Waals surface area contributed by atoms with Crippen molar-refractivity contribution < 1.29 is 0 Å². The molecule has 0 aliphatic carbocycles. The maximum atomic E-state index is 6.15. The summed E-state index contributed by atoms with van der Waals surface area (Å²) in [6, 6.07) is 7.63. The van der Waals surface area contributed by atoms with Crippen molar-refractivity contribution in [1.29, 1.82) is 0 Å². The molecule has 2 aromatic rings. The summed E-state index contributed by atoms with van der Waals surface area (Å²) < 4.78 is 1.94. The fraction of sp³-hybridized carbons (Fsp3) is 0.273. The number of halogens is 1. The molecular formula is C11H13ClN4. The van der Waals surface area contributed by atoms with Gasteiger partial charge in [-0.2, -0.15) is 0 Å². The van der Waals surface area contributed by atoms with Gasteiger partial charge in [0.2, 0.25) is 0 Å². The van der Waals surface area contributed by atoms with E-state index in [-0.39, 0.29) is 0 Å². The van der Waals surface area contributed by atoms with Crippen molar-refractivity contribution in [3.05, 3.63) is 40.9 Å². The van der Waals surface area contributed by atoms with Gasteiger partial charge in [0.25, 0.3) is 0 Å². The van der Waals surface area contributed by atoms with Crippen molar-refractivity contribution in [3.63, 3.8) is 0 Å². The van der Waals surface area contributed by atoms with Gasteiger partial charge in [-0.15, -0.1) is 10.2 Å². The molecule has 2 N–H and O–H groups in total. The van der Waals surface area contributed by atoms with E-state index in [1.54, 1.807) is 0 Å². The SMILES string of the molecule is Cc1nnc(CCN)n1-c1ccccc1Cl. The monoisotopic (exact) mass is 236 g/mol. The first-order chi connectivity index (χ1) is 7.74. The second-order valence-corrected chi connectivity index (χ2v) is 3.90. The van der Waals surface area contributed by atoms with Crippen LogP contribution in [0.3, 0.4) is 0 Å². The van der Waals surface area contributed by atoms with Gasteiger partial charge in [-0.25, -0.2) is 0 Å². The molecule has 1 heterocycles. The molecule has 0 amide bonds. The van der Waals surface area contributed by atoms with Crippen LogP contribution in [0.5, 0.6) is 0 Å². The van der Waals surface area contributed by atoms with Gasteiger partial charge in [0.15, 0.2) is 0 Å². The van der Waals surface area contributed by atoms with Gasteiger partial charge in [-0.05, 0) is 25.6 Å². The Morgan fingerprint density at radius 1 is 1.31 bits per heavy atom. The van der Waals surface area contributed by atoms with E-state index >= 15 is 0 Å². The molecule has 1 aromatic heterocycles. The minimum atomic E-state index is 0.544. The molecule has 0 bridgehead atoms. The third kappa shape index (κ3) is 1.94. The van der Waals surface area contributed by atoms with E-state index in [0.29, 0.717) is 18.0 Å². The molecule has 16 heavy (non-hydrogen) atoms. The van der Waals surface area contributed by atoms with Crippen molar-refractivity contribution in [2.24, 2.45) is 5.73 Å². The Kier molecular flexibility index (Phi) is 3.22. The number of nitrogens with zero attached hydrogens (tertiary/aromatic N) is 3. The lowest BCUT2D eigenvalue weighted by molar-refractivity contribution is 0.824. The normalized spacial score (nSPS) is 10.7. The summed E-state index contributed by atoms with van der Waals surface area (Å²) in [5, 5.41) is 8.83. The predicted molar refractivity (Wildman–Crippen MR) is 63.9 cm³/mol. The lowest BCUT2D eigenvalue weighted by Gasteiger charge is -2.09. The Morgan fingerprint density at radius 3 is 2.75 bits per heavy atom. The first-order valence-corrected chi connectivity index (χ1v) is 5.47. The molecule has 4 nitrogen and oxygen atoms in total. The maximum absolute atomic E-state index is 6.15. The molecule has 0 atom stereocenters. The summed E-state index contributed by atoms with van der Waals surface area (Å²) in [6.45, 7) is 2.44. The van der Waals surface area contributed by atoms with Crippen molar-refractivity contribution in [2.75, 3.05) is 6.54 Å². The minimum absolute atomic E-state index is 0.544. The van der Waals surface area contributed by atoms with Crippen molar-refractivity contribution in [1.82, 2.24) is 14.8 Å². The second-order valence-electron chi connectivity index (χ2n) is 3.49. The Hall–Kier alpha value is -1.39. The van der Waals surface area contributed by atoms with Crippen LogP contribution in [0.15, 0.2) is 24.3 Å². The first-order valence-electron chi connectivity index (χ1n) is 5.10. The summed E-state index contributed by atoms with van der Waals surface area (Å²) in [4.78, 5) is 0. The highest BCUT2D eigenvalue weighted by molar-refractivity contribution is 6.32. The summed E-state index contributed by atoms with van der Waals surface area (Å²) >= 11 is 6.15. The number of hydrogen-bond acceptors (Lipinski definition) is 3. The molecule has 0 fully saturated rings. The highest BCUT2D eigenvalue weighted by Crippen LogP contribution is 2.22. The zero-order valence-corrected chi connectivity index (χ0v) is 9.78. The molecule has 0 radical (unpaired) electrons. The molecule has 2 rings (SSSR count). The summed E-state index contributed by atoms with van der Waals surface area (Å²) in [5.74, 6) is 1.66. The molecule has 1 aromatic carbocycles. The molecule has 0 unspecified atom stereocenters. The van der Waals surface area contributed by atoms with Crippen LogP contribution in [-0.4, -0.2) is 21.3 Å². The van der Waals surface area contributed by atoms with E-state index in [1.165, 1.54) is 0 Å². The topological polar surface area (TPSA) is 56.7 Å². The minimum Gasteiger partial charge on any atom is -0.330 e. The number of rotatable bonds is 3. The Bertz CT molecular complexity index is 492. The molecule has 0 aliphatic heterocycles. The van der Waals surface area contributed by atoms with E-state index in [9.17, 15) is 0 Å². The van der Waals surface area contributed by atoms with Crippen LogP contribution in [0, 0.1) is 6.92 Å². The number of nitrogens with two attached hydrogens (primary N) is 1. The van der Waals surface area contributed by atoms with E-state index in [2.05, 4.69) is 10.2 Å². The molecule has 0 spiro atoms. The predicted octanol–water partition coefficient (Wildman–Crippen LogP) is 1.73. The number of benzene rings is 1. The zero-order valence-electron chi connectivity index (χ0n) is 9.02. The highest BCUT2D eigenvalue weighted by Gasteiger charge is 2.11. The number of para-hydroxylation sites is 1. The van der Waals surface area contributed by atoms with Crippen molar-refractivity contribution >= 4 is 11.6 Å². The Morgan fingerprint density at radius 2 is 2.06 bits per heavy atom. The quantitative estimate of drug-likeness (QED) is 0.883. The fourth-order valence-corrected chi connectivity index (χ4v) is 1.86. The number of hydrogen-bond donors (Lipinski definition) is 1. The van der Waals surface area contributed by atoms with Crippen LogP contribution in [-0.2, 0) is 6.42 Å². The van der Waals surface area contributed by atoms with Crippen LogP contribution in [0.1, 0.15) is 11.6 Å².